The highest BCUT2D eigenvalue weighted by Crippen LogP contribution is 2.24. The van der Waals surface area contributed by atoms with Crippen LogP contribution in [-0.2, 0) is 16.1 Å². The van der Waals surface area contributed by atoms with Crippen molar-refractivity contribution in [2.75, 3.05) is 32.7 Å². The summed E-state index contributed by atoms with van der Waals surface area (Å²) in [4.78, 5) is 43.2. The standard InChI is InChI=1S/C22H30N4O3/c1-2-24-11-3-5-18(24)13-23-21(28)17-9-7-16(8-10-17)14-25-15-20(27)26-12-4-6-19(26)22(25)29/h7-10,18-19H,2-6,11-15H2,1H3,(H,23,28)/t18-,19-/m0/s1. The highest BCUT2D eigenvalue weighted by Gasteiger charge is 2.41. The van der Waals surface area contributed by atoms with Gasteiger partial charge in [-0.15, -0.1) is 0 Å². The summed E-state index contributed by atoms with van der Waals surface area (Å²) < 4.78 is 0. The summed E-state index contributed by atoms with van der Waals surface area (Å²) in [5.41, 5.74) is 1.56. The number of likely N-dealkylation sites (N-methyl/N-ethyl adjacent to an activating group) is 1. The number of fused-ring (bicyclic) bond motifs is 1. The summed E-state index contributed by atoms with van der Waals surface area (Å²) in [6.07, 6.45) is 3.99. The summed E-state index contributed by atoms with van der Waals surface area (Å²) >= 11 is 0. The quantitative estimate of drug-likeness (QED) is 0.782. The normalized spacial score (nSPS) is 24.9. The summed E-state index contributed by atoms with van der Waals surface area (Å²) in [6, 6.07) is 7.51. The maximum Gasteiger partial charge on any atom is 0.251 e. The zero-order chi connectivity index (χ0) is 20.4. The van der Waals surface area contributed by atoms with E-state index in [2.05, 4.69) is 17.1 Å². The third kappa shape index (κ3) is 4.15. The monoisotopic (exact) mass is 398 g/mol. The molecule has 3 saturated heterocycles. The zero-order valence-corrected chi connectivity index (χ0v) is 17.1. The minimum atomic E-state index is -0.278. The number of carbonyl (C=O) groups excluding carboxylic acids is 3. The highest BCUT2D eigenvalue weighted by atomic mass is 16.2. The molecular weight excluding hydrogens is 368 g/mol. The lowest BCUT2D eigenvalue weighted by Crippen LogP contribution is -2.56. The maximum absolute atomic E-state index is 12.7. The first-order valence-electron chi connectivity index (χ1n) is 10.8. The number of nitrogens with zero attached hydrogens (tertiary/aromatic N) is 3. The molecule has 0 spiro atoms. The van der Waals surface area contributed by atoms with Gasteiger partial charge in [-0.05, 0) is 56.5 Å². The van der Waals surface area contributed by atoms with E-state index in [1.54, 1.807) is 21.9 Å². The lowest BCUT2D eigenvalue weighted by atomic mass is 10.1. The molecule has 1 aromatic carbocycles. The first-order valence-corrected chi connectivity index (χ1v) is 10.8. The minimum Gasteiger partial charge on any atom is -0.350 e. The highest BCUT2D eigenvalue weighted by molar-refractivity contribution is 5.95. The van der Waals surface area contributed by atoms with Gasteiger partial charge in [-0.1, -0.05) is 19.1 Å². The molecule has 7 heteroatoms. The summed E-state index contributed by atoms with van der Waals surface area (Å²) in [5.74, 6) is 0.0161. The molecule has 2 atom stereocenters. The molecule has 1 N–H and O–H groups in total. The number of hydrogen-bond acceptors (Lipinski definition) is 4. The molecular formula is C22H30N4O3. The molecule has 3 aliphatic rings. The molecule has 4 rings (SSSR count). The van der Waals surface area contributed by atoms with Crippen LogP contribution >= 0.6 is 0 Å². The third-order valence-corrected chi connectivity index (χ3v) is 6.49. The first kappa shape index (κ1) is 19.9. The van der Waals surface area contributed by atoms with Crippen LogP contribution in [0.2, 0.25) is 0 Å². The smallest absolute Gasteiger partial charge is 0.251 e. The van der Waals surface area contributed by atoms with Crippen LogP contribution in [0.1, 0.15) is 48.5 Å². The van der Waals surface area contributed by atoms with Crippen molar-refractivity contribution in [3.05, 3.63) is 35.4 Å². The second-order valence-electron chi connectivity index (χ2n) is 8.27. The van der Waals surface area contributed by atoms with E-state index >= 15 is 0 Å². The van der Waals surface area contributed by atoms with Crippen LogP contribution in [0, 0.1) is 0 Å². The molecule has 156 valence electrons. The van der Waals surface area contributed by atoms with E-state index in [9.17, 15) is 14.4 Å². The Balaban J connectivity index is 1.32. The Labute approximate surface area is 172 Å². The van der Waals surface area contributed by atoms with Gasteiger partial charge in [-0.3, -0.25) is 19.3 Å². The summed E-state index contributed by atoms with van der Waals surface area (Å²) in [7, 11) is 0. The van der Waals surface area contributed by atoms with E-state index in [0.29, 0.717) is 31.2 Å². The molecule has 3 fully saturated rings. The van der Waals surface area contributed by atoms with Crippen LogP contribution in [0.5, 0.6) is 0 Å². The van der Waals surface area contributed by atoms with Crippen molar-refractivity contribution in [2.45, 2.75) is 51.2 Å². The van der Waals surface area contributed by atoms with Crippen molar-refractivity contribution in [3.8, 4) is 0 Å². The maximum atomic E-state index is 12.7. The molecule has 1 aromatic rings. The van der Waals surface area contributed by atoms with E-state index < -0.39 is 0 Å². The Bertz CT molecular complexity index is 779. The lowest BCUT2D eigenvalue weighted by molar-refractivity contribution is -0.154. The van der Waals surface area contributed by atoms with Crippen molar-refractivity contribution in [1.82, 2.24) is 20.0 Å². The second kappa shape index (κ2) is 8.53. The van der Waals surface area contributed by atoms with Gasteiger partial charge in [0.25, 0.3) is 5.91 Å². The fourth-order valence-electron chi connectivity index (χ4n) is 4.84. The topological polar surface area (TPSA) is 73.0 Å². The number of nitrogens with one attached hydrogen (secondary N) is 1. The van der Waals surface area contributed by atoms with Gasteiger partial charge in [0.05, 0.1) is 0 Å². The predicted molar refractivity (Wildman–Crippen MR) is 109 cm³/mol. The Morgan fingerprint density at radius 3 is 2.62 bits per heavy atom. The van der Waals surface area contributed by atoms with Gasteiger partial charge in [0.15, 0.2) is 0 Å². The van der Waals surface area contributed by atoms with Crippen molar-refractivity contribution in [2.24, 2.45) is 0 Å². The van der Waals surface area contributed by atoms with Gasteiger partial charge >= 0.3 is 0 Å². The van der Waals surface area contributed by atoms with E-state index in [-0.39, 0.29) is 30.3 Å². The molecule has 0 aliphatic carbocycles. The van der Waals surface area contributed by atoms with Gasteiger partial charge in [0, 0.05) is 31.2 Å². The zero-order valence-electron chi connectivity index (χ0n) is 17.1. The molecule has 0 saturated carbocycles. The molecule has 0 unspecified atom stereocenters. The SMILES string of the molecule is CCN1CCC[C@H]1CNC(=O)c1ccc(CN2CC(=O)N3CCC[C@H]3C2=O)cc1. The van der Waals surface area contributed by atoms with Crippen LogP contribution < -0.4 is 5.32 Å². The lowest BCUT2D eigenvalue weighted by Gasteiger charge is -2.36. The molecule has 3 amide bonds. The van der Waals surface area contributed by atoms with Crippen LogP contribution in [0.15, 0.2) is 24.3 Å². The largest absolute Gasteiger partial charge is 0.350 e. The number of rotatable bonds is 6. The third-order valence-electron chi connectivity index (χ3n) is 6.49. The second-order valence-corrected chi connectivity index (χ2v) is 8.27. The Morgan fingerprint density at radius 2 is 1.86 bits per heavy atom. The fraction of sp³-hybridized carbons (Fsp3) is 0.591. The van der Waals surface area contributed by atoms with E-state index in [0.717, 1.165) is 37.9 Å². The Hall–Kier alpha value is -2.41. The fourth-order valence-corrected chi connectivity index (χ4v) is 4.84. The molecule has 7 nitrogen and oxygen atoms in total. The van der Waals surface area contributed by atoms with E-state index in [1.165, 1.54) is 6.42 Å². The van der Waals surface area contributed by atoms with Gasteiger partial charge in [0.2, 0.25) is 11.8 Å². The van der Waals surface area contributed by atoms with Crippen LogP contribution in [0.4, 0.5) is 0 Å². The average molecular weight is 399 g/mol. The number of hydrogen-bond donors (Lipinski definition) is 1. The Morgan fingerprint density at radius 1 is 1.10 bits per heavy atom. The van der Waals surface area contributed by atoms with Crippen LogP contribution in [0.25, 0.3) is 0 Å². The molecule has 0 aromatic heterocycles. The number of amides is 3. The van der Waals surface area contributed by atoms with Crippen molar-refractivity contribution >= 4 is 17.7 Å². The molecule has 0 bridgehead atoms. The Kier molecular flexibility index (Phi) is 5.85. The number of benzene rings is 1. The molecule has 3 aliphatic heterocycles. The van der Waals surface area contributed by atoms with Gasteiger partial charge in [-0.2, -0.15) is 0 Å². The van der Waals surface area contributed by atoms with Gasteiger partial charge < -0.3 is 15.1 Å². The van der Waals surface area contributed by atoms with E-state index in [1.807, 2.05) is 12.1 Å². The summed E-state index contributed by atoms with van der Waals surface area (Å²) in [6.45, 7) is 6.22. The number of likely N-dealkylation sites (tertiary alicyclic amines) is 1. The summed E-state index contributed by atoms with van der Waals surface area (Å²) in [5, 5.41) is 3.05. The average Bonchev–Trinajstić information content (AvgIpc) is 3.40. The molecule has 29 heavy (non-hydrogen) atoms. The van der Waals surface area contributed by atoms with Crippen molar-refractivity contribution < 1.29 is 14.4 Å². The van der Waals surface area contributed by atoms with E-state index in [4.69, 9.17) is 0 Å². The minimum absolute atomic E-state index is 0.0381. The van der Waals surface area contributed by atoms with Crippen LogP contribution in [-0.4, -0.2) is 77.2 Å². The van der Waals surface area contributed by atoms with Gasteiger partial charge in [0.1, 0.15) is 12.6 Å². The number of carbonyl (C=O) groups is 3. The molecule has 3 heterocycles. The molecule has 0 radical (unpaired) electrons. The first-order chi connectivity index (χ1) is 14.1. The van der Waals surface area contributed by atoms with Crippen LogP contribution in [0.3, 0.4) is 0 Å². The predicted octanol–water partition coefficient (Wildman–Crippen LogP) is 1.23. The van der Waals surface area contributed by atoms with Crippen molar-refractivity contribution in [3.63, 3.8) is 0 Å². The number of piperazine rings is 1. The van der Waals surface area contributed by atoms with Crippen molar-refractivity contribution in [1.29, 1.82) is 0 Å². The van der Waals surface area contributed by atoms with Gasteiger partial charge in [-0.25, -0.2) is 0 Å².